The second-order valence-electron chi connectivity index (χ2n) is 5.21. The van der Waals surface area contributed by atoms with Gasteiger partial charge < -0.3 is 0 Å². The lowest BCUT2D eigenvalue weighted by molar-refractivity contribution is 1.35. The van der Waals surface area contributed by atoms with Gasteiger partial charge in [0.15, 0.2) is 0 Å². The molecule has 0 radical (unpaired) electrons. The minimum absolute atomic E-state index is 0.972. The fourth-order valence-corrected chi connectivity index (χ4v) is 2.88. The van der Waals surface area contributed by atoms with Gasteiger partial charge in [0.25, 0.3) is 0 Å². The lowest BCUT2D eigenvalue weighted by atomic mass is 10.0. The fourth-order valence-electron chi connectivity index (χ4n) is 1.72. The van der Waals surface area contributed by atoms with Crippen molar-refractivity contribution < 1.29 is 0 Å². The zero-order valence-corrected chi connectivity index (χ0v) is 11.9. The van der Waals surface area contributed by atoms with Crippen LogP contribution in [0.5, 0.6) is 0 Å². The molecule has 0 heterocycles. The Morgan fingerprint density at radius 3 is 2.19 bits per heavy atom. The van der Waals surface area contributed by atoms with Gasteiger partial charge in [-0.05, 0) is 24.5 Å². The molecule has 0 N–H and O–H groups in total. The Hall–Kier alpha value is -1.08. The van der Waals surface area contributed by atoms with Crippen molar-refractivity contribution >= 4 is 13.6 Å². The lowest BCUT2D eigenvalue weighted by Crippen LogP contribution is -2.23. The average Bonchev–Trinajstić information content (AvgIpc) is 2.25. The molecule has 0 fully saturated rings. The van der Waals surface area contributed by atoms with Gasteiger partial charge in [0.05, 0.1) is 8.07 Å². The minimum atomic E-state index is -1.21. The standard InChI is InChI=1S/C15H22Si/c1-6-10-15(13(2)16(3,4)5)14-11-8-7-9-12-14/h6-9,11-12H,1,10H2,2-5H3/b15-13+. The van der Waals surface area contributed by atoms with Gasteiger partial charge in [-0.3, -0.25) is 0 Å². The molecule has 0 spiro atoms. The Balaban J connectivity index is 3.24. The second-order valence-corrected chi connectivity index (χ2v) is 10.5. The molecule has 0 aliphatic heterocycles. The average molecular weight is 230 g/mol. The topological polar surface area (TPSA) is 0 Å². The van der Waals surface area contributed by atoms with Crippen LogP contribution in [0.2, 0.25) is 19.6 Å². The molecule has 1 heteroatoms. The molecule has 0 atom stereocenters. The summed E-state index contributed by atoms with van der Waals surface area (Å²) in [5.74, 6) is 0. The van der Waals surface area contributed by atoms with E-state index in [4.69, 9.17) is 0 Å². The first-order valence-electron chi connectivity index (χ1n) is 5.83. The molecule has 0 nitrogen and oxygen atoms in total. The van der Waals surface area contributed by atoms with Crippen LogP contribution in [-0.2, 0) is 0 Å². The van der Waals surface area contributed by atoms with Gasteiger partial charge in [0.1, 0.15) is 0 Å². The highest BCUT2D eigenvalue weighted by Crippen LogP contribution is 2.28. The number of rotatable bonds is 4. The van der Waals surface area contributed by atoms with Crippen LogP contribution in [0.3, 0.4) is 0 Å². The third kappa shape index (κ3) is 3.21. The van der Waals surface area contributed by atoms with Gasteiger partial charge in [-0.25, -0.2) is 0 Å². The van der Waals surface area contributed by atoms with Gasteiger partial charge in [-0.15, -0.1) is 6.58 Å². The summed E-state index contributed by atoms with van der Waals surface area (Å²) >= 11 is 0. The van der Waals surface area contributed by atoms with Crippen molar-refractivity contribution in [2.45, 2.75) is 33.0 Å². The van der Waals surface area contributed by atoms with E-state index in [0.29, 0.717) is 0 Å². The molecule has 0 unspecified atom stereocenters. The summed E-state index contributed by atoms with van der Waals surface area (Å²) in [6.45, 7) is 13.4. The molecule has 86 valence electrons. The largest absolute Gasteiger partial charge is 0.103 e. The van der Waals surface area contributed by atoms with Crippen molar-refractivity contribution in [3.8, 4) is 0 Å². The second kappa shape index (κ2) is 5.31. The van der Waals surface area contributed by atoms with Gasteiger partial charge in [0, 0.05) is 0 Å². The summed E-state index contributed by atoms with van der Waals surface area (Å²) in [6.07, 6.45) is 2.98. The van der Waals surface area contributed by atoms with Crippen molar-refractivity contribution in [3.63, 3.8) is 0 Å². The Morgan fingerprint density at radius 2 is 1.75 bits per heavy atom. The number of hydrogen-bond acceptors (Lipinski definition) is 0. The summed E-state index contributed by atoms with van der Waals surface area (Å²) in [5, 5.41) is 1.58. The monoisotopic (exact) mass is 230 g/mol. The first-order valence-corrected chi connectivity index (χ1v) is 9.33. The van der Waals surface area contributed by atoms with Crippen molar-refractivity contribution in [1.82, 2.24) is 0 Å². The van der Waals surface area contributed by atoms with Crippen molar-refractivity contribution in [2.75, 3.05) is 0 Å². The minimum Gasteiger partial charge on any atom is -0.103 e. The molecule has 0 saturated heterocycles. The third-order valence-corrected chi connectivity index (χ3v) is 5.60. The van der Waals surface area contributed by atoms with Crippen molar-refractivity contribution in [1.29, 1.82) is 0 Å². The van der Waals surface area contributed by atoms with E-state index in [1.54, 1.807) is 5.20 Å². The van der Waals surface area contributed by atoms with Crippen LogP contribution in [0.15, 0.2) is 48.2 Å². The first-order chi connectivity index (χ1) is 7.46. The lowest BCUT2D eigenvalue weighted by Gasteiger charge is -2.22. The molecular weight excluding hydrogens is 208 g/mol. The van der Waals surface area contributed by atoms with Crippen molar-refractivity contribution in [2.24, 2.45) is 0 Å². The summed E-state index contributed by atoms with van der Waals surface area (Å²) in [5.41, 5.74) is 2.82. The summed E-state index contributed by atoms with van der Waals surface area (Å²) in [4.78, 5) is 0. The molecule has 0 amide bonds. The molecule has 0 aliphatic carbocycles. The zero-order chi connectivity index (χ0) is 12.2. The predicted molar refractivity (Wildman–Crippen MR) is 77.2 cm³/mol. The van der Waals surface area contributed by atoms with Gasteiger partial charge in [-0.1, -0.05) is 61.2 Å². The molecule has 0 saturated carbocycles. The van der Waals surface area contributed by atoms with E-state index in [0.717, 1.165) is 6.42 Å². The summed E-state index contributed by atoms with van der Waals surface area (Å²) in [6, 6.07) is 10.7. The van der Waals surface area contributed by atoms with Crippen molar-refractivity contribution in [3.05, 3.63) is 53.7 Å². The van der Waals surface area contributed by atoms with E-state index in [-0.39, 0.29) is 0 Å². The predicted octanol–water partition coefficient (Wildman–Crippen LogP) is 4.91. The maximum atomic E-state index is 3.87. The van der Waals surface area contributed by atoms with Gasteiger partial charge in [0.2, 0.25) is 0 Å². The number of allylic oxidation sites excluding steroid dienone is 3. The van der Waals surface area contributed by atoms with Gasteiger partial charge >= 0.3 is 0 Å². The molecule has 1 rings (SSSR count). The molecule has 1 aromatic rings. The van der Waals surface area contributed by atoms with Crippen LogP contribution in [0, 0.1) is 0 Å². The Kier molecular flexibility index (Phi) is 4.31. The summed E-state index contributed by atoms with van der Waals surface area (Å²) in [7, 11) is -1.21. The van der Waals surface area contributed by atoms with E-state index in [1.165, 1.54) is 11.1 Å². The van der Waals surface area contributed by atoms with E-state index >= 15 is 0 Å². The van der Waals surface area contributed by atoms with Crippen LogP contribution >= 0.6 is 0 Å². The maximum Gasteiger partial charge on any atom is 0.0724 e. The highest BCUT2D eigenvalue weighted by Gasteiger charge is 2.19. The Morgan fingerprint density at radius 1 is 1.19 bits per heavy atom. The highest BCUT2D eigenvalue weighted by atomic mass is 28.3. The zero-order valence-electron chi connectivity index (χ0n) is 10.9. The highest BCUT2D eigenvalue weighted by molar-refractivity contribution is 6.83. The first kappa shape index (κ1) is 13.0. The number of benzene rings is 1. The summed E-state index contributed by atoms with van der Waals surface area (Å²) < 4.78 is 0. The van der Waals surface area contributed by atoms with E-state index in [2.05, 4.69) is 63.5 Å². The Labute approximate surface area is 101 Å². The van der Waals surface area contributed by atoms with Gasteiger partial charge in [-0.2, -0.15) is 0 Å². The Bertz CT molecular complexity index is 380. The number of hydrogen-bond donors (Lipinski definition) is 0. The molecule has 1 aromatic carbocycles. The molecule has 16 heavy (non-hydrogen) atoms. The maximum absolute atomic E-state index is 3.87. The van der Waals surface area contributed by atoms with E-state index in [1.807, 2.05) is 6.08 Å². The SMILES string of the molecule is C=CC/C(=C(/C)[Si](C)(C)C)c1ccccc1. The molecule has 0 aliphatic rings. The molecule has 0 aromatic heterocycles. The normalized spacial score (nSPS) is 13.2. The van der Waals surface area contributed by atoms with E-state index in [9.17, 15) is 0 Å². The van der Waals surface area contributed by atoms with Crippen LogP contribution in [0.4, 0.5) is 0 Å². The molecular formula is C15H22Si. The smallest absolute Gasteiger partial charge is 0.0724 e. The van der Waals surface area contributed by atoms with E-state index < -0.39 is 8.07 Å². The van der Waals surface area contributed by atoms with Crippen LogP contribution < -0.4 is 0 Å². The third-order valence-electron chi connectivity index (χ3n) is 3.05. The van der Waals surface area contributed by atoms with Crippen LogP contribution in [-0.4, -0.2) is 8.07 Å². The fraction of sp³-hybridized carbons (Fsp3) is 0.333. The quantitative estimate of drug-likeness (QED) is 0.509. The van der Waals surface area contributed by atoms with Crippen LogP contribution in [0.1, 0.15) is 18.9 Å². The molecule has 0 bridgehead atoms. The van der Waals surface area contributed by atoms with Crippen LogP contribution in [0.25, 0.3) is 5.57 Å².